The van der Waals surface area contributed by atoms with Crippen LogP contribution >= 0.6 is 11.8 Å². The van der Waals surface area contributed by atoms with Crippen LogP contribution < -0.4 is 10.6 Å². The van der Waals surface area contributed by atoms with Crippen molar-refractivity contribution in [3.63, 3.8) is 0 Å². The average molecular weight is 307 g/mol. The summed E-state index contributed by atoms with van der Waals surface area (Å²) in [5.74, 6) is 1.91. The van der Waals surface area contributed by atoms with Crippen molar-refractivity contribution >= 4 is 17.7 Å². The van der Waals surface area contributed by atoms with Crippen molar-refractivity contribution in [1.82, 2.24) is 10.6 Å². The van der Waals surface area contributed by atoms with E-state index >= 15 is 0 Å². The first-order chi connectivity index (χ1) is 10.4. The number of hydrogen-bond acceptors (Lipinski definition) is 3. The third kappa shape index (κ3) is 6.40. The fourth-order valence-corrected chi connectivity index (χ4v) is 2.97. The lowest BCUT2D eigenvalue weighted by molar-refractivity contribution is 0.117. The largest absolute Gasteiger partial charge is 0.376 e. The second-order valence-corrected chi connectivity index (χ2v) is 6.11. The van der Waals surface area contributed by atoms with Gasteiger partial charge in [0.25, 0.3) is 0 Å². The van der Waals surface area contributed by atoms with E-state index in [2.05, 4.69) is 46.8 Å². The molecule has 116 valence electrons. The van der Waals surface area contributed by atoms with Gasteiger partial charge in [-0.3, -0.25) is 4.99 Å². The van der Waals surface area contributed by atoms with Gasteiger partial charge < -0.3 is 15.4 Å². The third-order valence-corrected chi connectivity index (χ3v) is 4.24. The molecule has 0 aromatic heterocycles. The fourth-order valence-electron chi connectivity index (χ4n) is 2.18. The van der Waals surface area contributed by atoms with Gasteiger partial charge in [0.1, 0.15) is 0 Å². The average Bonchev–Trinajstić information content (AvgIpc) is 3.03. The zero-order valence-corrected chi connectivity index (χ0v) is 13.5. The summed E-state index contributed by atoms with van der Waals surface area (Å²) in [7, 11) is 0. The molecule has 0 spiro atoms. The number of ether oxygens (including phenoxy) is 1. The molecule has 1 unspecified atom stereocenters. The van der Waals surface area contributed by atoms with Crippen molar-refractivity contribution < 1.29 is 4.74 Å². The van der Waals surface area contributed by atoms with E-state index in [9.17, 15) is 0 Å². The van der Waals surface area contributed by atoms with Crippen LogP contribution in [0.15, 0.2) is 40.2 Å². The number of benzene rings is 1. The van der Waals surface area contributed by atoms with E-state index in [0.717, 1.165) is 50.8 Å². The summed E-state index contributed by atoms with van der Waals surface area (Å²) in [5, 5.41) is 6.66. The van der Waals surface area contributed by atoms with Crippen LogP contribution in [0.25, 0.3) is 0 Å². The topological polar surface area (TPSA) is 45.7 Å². The smallest absolute Gasteiger partial charge is 0.191 e. The zero-order chi connectivity index (χ0) is 14.8. The molecule has 2 rings (SSSR count). The SMILES string of the molecule is CCNC(=NCC1CCCO1)NCCSc1ccccc1. The molecule has 1 aromatic rings. The molecule has 0 bridgehead atoms. The van der Waals surface area contributed by atoms with Crippen molar-refractivity contribution in [3.8, 4) is 0 Å². The molecule has 2 N–H and O–H groups in total. The van der Waals surface area contributed by atoms with Gasteiger partial charge in [-0.1, -0.05) is 18.2 Å². The Morgan fingerprint density at radius 2 is 2.19 bits per heavy atom. The third-order valence-electron chi connectivity index (χ3n) is 3.23. The van der Waals surface area contributed by atoms with Crippen molar-refractivity contribution in [3.05, 3.63) is 30.3 Å². The molecule has 1 saturated heterocycles. The van der Waals surface area contributed by atoms with Gasteiger partial charge >= 0.3 is 0 Å². The summed E-state index contributed by atoms with van der Waals surface area (Å²) < 4.78 is 5.60. The van der Waals surface area contributed by atoms with Gasteiger partial charge in [-0.05, 0) is 31.9 Å². The molecule has 0 amide bonds. The van der Waals surface area contributed by atoms with E-state index < -0.39 is 0 Å². The maximum atomic E-state index is 5.60. The maximum absolute atomic E-state index is 5.60. The highest BCUT2D eigenvalue weighted by atomic mass is 32.2. The molecule has 1 fully saturated rings. The minimum absolute atomic E-state index is 0.305. The Labute approximate surface area is 131 Å². The molecular weight excluding hydrogens is 282 g/mol. The molecule has 1 aromatic carbocycles. The zero-order valence-electron chi connectivity index (χ0n) is 12.7. The second-order valence-electron chi connectivity index (χ2n) is 4.94. The summed E-state index contributed by atoms with van der Waals surface area (Å²) >= 11 is 1.85. The van der Waals surface area contributed by atoms with Crippen molar-refractivity contribution in [2.45, 2.75) is 30.8 Å². The van der Waals surface area contributed by atoms with Crippen LogP contribution in [0.2, 0.25) is 0 Å². The minimum Gasteiger partial charge on any atom is -0.376 e. The normalized spacial score (nSPS) is 18.7. The van der Waals surface area contributed by atoms with E-state index in [1.54, 1.807) is 0 Å². The van der Waals surface area contributed by atoms with E-state index in [4.69, 9.17) is 4.74 Å². The first-order valence-electron chi connectivity index (χ1n) is 7.70. The molecule has 1 atom stereocenters. The number of nitrogens with one attached hydrogen (secondary N) is 2. The Morgan fingerprint density at radius 1 is 1.33 bits per heavy atom. The Bertz CT molecular complexity index is 419. The summed E-state index contributed by atoms with van der Waals surface area (Å²) in [5.41, 5.74) is 0. The van der Waals surface area contributed by atoms with Crippen molar-refractivity contribution in [2.24, 2.45) is 4.99 Å². The van der Waals surface area contributed by atoms with Crippen LogP contribution in [0.1, 0.15) is 19.8 Å². The van der Waals surface area contributed by atoms with Gasteiger partial charge in [-0.25, -0.2) is 0 Å². The first kappa shape index (κ1) is 16.2. The van der Waals surface area contributed by atoms with Gasteiger partial charge in [0.2, 0.25) is 0 Å². The van der Waals surface area contributed by atoms with E-state index in [0.29, 0.717) is 6.10 Å². The predicted molar refractivity (Wildman–Crippen MR) is 90.1 cm³/mol. The molecule has 5 heteroatoms. The van der Waals surface area contributed by atoms with Gasteiger partial charge in [-0.15, -0.1) is 11.8 Å². The molecular formula is C16H25N3OS. The maximum Gasteiger partial charge on any atom is 0.191 e. The first-order valence-corrected chi connectivity index (χ1v) is 8.68. The highest BCUT2D eigenvalue weighted by Gasteiger charge is 2.14. The standard InChI is InChI=1S/C16H25N3OS/c1-2-17-16(19-13-14-7-6-11-20-14)18-10-12-21-15-8-4-3-5-9-15/h3-5,8-9,14H,2,6-7,10-13H2,1H3,(H2,17,18,19). The number of nitrogens with zero attached hydrogens (tertiary/aromatic N) is 1. The van der Waals surface area contributed by atoms with E-state index in [1.807, 2.05) is 17.8 Å². The van der Waals surface area contributed by atoms with E-state index in [1.165, 1.54) is 4.90 Å². The van der Waals surface area contributed by atoms with Gasteiger partial charge in [-0.2, -0.15) is 0 Å². The molecule has 4 nitrogen and oxygen atoms in total. The Kier molecular flexibility index (Phi) is 7.46. The monoisotopic (exact) mass is 307 g/mol. The van der Waals surface area contributed by atoms with Crippen LogP contribution in [-0.4, -0.2) is 44.1 Å². The summed E-state index contributed by atoms with van der Waals surface area (Å²) in [4.78, 5) is 5.91. The van der Waals surface area contributed by atoms with Crippen LogP contribution in [0.5, 0.6) is 0 Å². The van der Waals surface area contributed by atoms with Crippen LogP contribution in [0, 0.1) is 0 Å². The number of hydrogen-bond donors (Lipinski definition) is 2. The number of guanidine groups is 1. The van der Waals surface area contributed by atoms with Crippen LogP contribution in [-0.2, 0) is 4.74 Å². The van der Waals surface area contributed by atoms with Crippen LogP contribution in [0.4, 0.5) is 0 Å². The second kappa shape index (κ2) is 9.68. The lowest BCUT2D eigenvalue weighted by Gasteiger charge is -2.12. The van der Waals surface area contributed by atoms with Crippen molar-refractivity contribution in [1.29, 1.82) is 0 Å². The van der Waals surface area contributed by atoms with Gasteiger partial charge in [0.15, 0.2) is 5.96 Å². The molecule has 0 saturated carbocycles. The summed E-state index contributed by atoms with van der Waals surface area (Å²) in [6, 6.07) is 10.5. The molecule has 0 aliphatic carbocycles. The molecule has 1 heterocycles. The molecule has 0 radical (unpaired) electrons. The minimum atomic E-state index is 0.305. The summed E-state index contributed by atoms with van der Waals surface area (Å²) in [6.45, 7) is 5.50. The highest BCUT2D eigenvalue weighted by molar-refractivity contribution is 7.99. The number of aliphatic imine (C=N–C) groups is 1. The molecule has 21 heavy (non-hydrogen) atoms. The Morgan fingerprint density at radius 3 is 2.90 bits per heavy atom. The molecule has 1 aliphatic rings. The van der Waals surface area contributed by atoms with Crippen molar-refractivity contribution in [2.75, 3.05) is 32.0 Å². The quantitative estimate of drug-likeness (QED) is 0.352. The predicted octanol–water partition coefficient (Wildman–Crippen LogP) is 2.51. The van der Waals surface area contributed by atoms with Gasteiger partial charge in [0.05, 0.1) is 12.6 Å². The molecule has 1 aliphatic heterocycles. The highest BCUT2D eigenvalue weighted by Crippen LogP contribution is 2.15. The lowest BCUT2D eigenvalue weighted by Crippen LogP contribution is -2.39. The fraction of sp³-hybridized carbons (Fsp3) is 0.562. The van der Waals surface area contributed by atoms with Gasteiger partial charge in [0, 0.05) is 30.3 Å². The number of rotatable bonds is 7. The Balaban J connectivity index is 1.68. The lowest BCUT2D eigenvalue weighted by atomic mass is 10.2. The Hall–Kier alpha value is -1.20. The van der Waals surface area contributed by atoms with Crippen LogP contribution in [0.3, 0.4) is 0 Å². The summed E-state index contributed by atoms with van der Waals surface area (Å²) in [6.07, 6.45) is 2.60. The number of thioether (sulfide) groups is 1. The van der Waals surface area contributed by atoms with E-state index in [-0.39, 0.29) is 0 Å².